The Morgan fingerprint density at radius 3 is 2.74 bits per heavy atom. The highest BCUT2D eigenvalue weighted by molar-refractivity contribution is 7.80. The number of anilines is 1. The third kappa shape index (κ3) is 3.49. The molecule has 1 aliphatic heterocycles. The number of pyridine rings is 1. The standard InChI is InChI=1S/C17H16ClF3N4OS/c1-8-12(18)13-14(23-8)15(10(6-22)16(24-13)17(19,20)21)25-4-2-9(7-26)11(27)3-5-25/h9,23,26H,2-5,7H2,1H3/t9-/m1/s1. The molecule has 1 fully saturated rings. The summed E-state index contributed by atoms with van der Waals surface area (Å²) in [5, 5.41) is 19.1. The van der Waals surface area contributed by atoms with Gasteiger partial charge in [0.2, 0.25) is 0 Å². The van der Waals surface area contributed by atoms with Gasteiger partial charge in [-0.3, -0.25) is 0 Å². The predicted octanol–water partition coefficient (Wildman–Crippen LogP) is 3.99. The lowest BCUT2D eigenvalue weighted by atomic mass is 10.0. The average Bonchev–Trinajstić information content (AvgIpc) is 2.78. The SMILES string of the molecule is Cc1[nH]c2c(N3CCC(=S)[C@@H](CO)CC3)c(C#N)c(C(F)(F)F)nc2c1Cl. The number of aromatic amines is 1. The zero-order valence-electron chi connectivity index (χ0n) is 14.3. The first kappa shape index (κ1) is 19.9. The summed E-state index contributed by atoms with van der Waals surface area (Å²) in [6.45, 7) is 2.22. The molecule has 0 aromatic carbocycles. The van der Waals surface area contributed by atoms with Crippen molar-refractivity contribution in [3.05, 3.63) is 22.0 Å². The molecule has 3 heterocycles. The van der Waals surface area contributed by atoms with Gasteiger partial charge in [-0.1, -0.05) is 23.8 Å². The van der Waals surface area contributed by atoms with Gasteiger partial charge in [-0.05, 0) is 19.8 Å². The molecule has 0 amide bonds. The molecule has 0 aliphatic carbocycles. The van der Waals surface area contributed by atoms with Crippen molar-refractivity contribution in [1.29, 1.82) is 5.26 Å². The van der Waals surface area contributed by atoms with E-state index in [1.54, 1.807) is 17.9 Å². The molecule has 1 atom stereocenters. The van der Waals surface area contributed by atoms with Gasteiger partial charge in [0.25, 0.3) is 0 Å². The van der Waals surface area contributed by atoms with Gasteiger partial charge >= 0.3 is 6.18 Å². The molecule has 2 aromatic heterocycles. The van der Waals surface area contributed by atoms with Crippen molar-refractivity contribution in [3.63, 3.8) is 0 Å². The molecule has 0 unspecified atom stereocenters. The lowest BCUT2D eigenvalue weighted by Gasteiger charge is -2.25. The summed E-state index contributed by atoms with van der Waals surface area (Å²) in [6.07, 6.45) is -3.87. The number of thiocarbonyl (C=S) groups is 1. The molecule has 0 bridgehead atoms. The molecule has 144 valence electrons. The van der Waals surface area contributed by atoms with E-state index in [1.165, 1.54) is 0 Å². The first-order chi connectivity index (χ1) is 12.7. The van der Waals surface area contributed by atoms with Crippen molar-refractivity contribution in [1.82, 2.24) is 9.97 Å². The van der Waals surface area contributed by atoms with E-state index in [4.69, 9.17) is 23.8 Å². The smallest absolute Gasteiger partial charge is 0.396 e. The van der Waals surface area contributed by atoms with Gasteiger partial charge in [-0.15, -0.1) is 0 Å². The Hall–Kier alpha value is -1.89. The Morgan fingerprint density at radius 1 is 1.44 bits per heavy atom. The monoisotopic (exact) mass is 416 g/mol. The lowest BCUT2D eigenvalue weighted by Crippen LogP contribution is -2.27. The van der Waals surface area contributed by atoms with Crippen LogP contribution in [-0.2, 0) is 6.18 Å². The topological polar surface area (TPSA) is 75.9 Å². The molecule has 3 rings (SSSR count). The van der Waals surface area contributed by atoms with E-state index in [0.717, 1.165) is 0 Å². The van der Waals surface area contributed by atoms with Crippen molar-refractivity contribution in [3.8, 4) is 6.07 Å². The van der Waals surface area contributed by atoms with Gasteiger partial charge in [0, 0.05) is 29.6 Å². The summed E-state index contributed by atoms with van der Waals surface area (Å²) in [5.74, 6) is -0.191. The summed E-state index contributed by atoms with van der Waals surface area (Å²) in [4.78, 5) is 9.01. The number of H-pyrrole nitrogens is 1. The van der Waals surface area contributed by atoms with Gasteiger partial charge < -0.3 is 15.0 Å². The highest BCUT2D eigenvalue weighted by Gasteiger charge is 2.39. The number of aliphatic hydroxyl groups excluding tert-OH is 1. The highest BCUT2D eigenvalue weighted by atomic mass is 35.5. The van der Waals surface area contributed by atoms with Crippen LogP contribution in [0.5, 0.6) is 0 Å². The predicted molar refractivity (Wildman–Crippen MR) is 100 cm³/mol. The maximum atomic E-state index is 13.6. The van der Waals surface area contributed by atoms with Crippen molar-refractivity contribution in [2.75, 3.05) is 24.6 Å². The Morgan fingerprint density at radius 2 is 2.15 bits per heavy atom. The molecule has 1 saturated heterocycles. The van der Waals surface area contributed by atoms with E-state index in [0.29, 0.717) is 42.0 Å². The van der Waals surface area contributed by atoms with Gasteiger partial charge in [0.15, 0.2) is 5.69 Å². The van der Waals surface area contributed by atoms with Gasteiger partial charge in [0.05, 0.1) is 22.8 Å². The zero-order valence-corrected chi connectivity index (χ0v) is 15.9. The zero-order chi connectivity index (χ0) is 19.9. The van der Waals surface area contributed by atoms with Crippen LogP contribution in [0.3, 0.4) is 0 Å². The molecule has 2 aromatic rings. The van der Waals surface area contributed by atoms with Crippen LogP contribution in [0.1, 0.15) is 29.8 Å². The summed E-state index contributed by atoms with van der Waals surface area (Å²) < 4.78 is 40.7. The number of hydrogen-bond acceptors (Lipinski definition) is 5. The molecule has 27 heavy (non-hydrogen) atoms. The molecule has 0 spiro atoms. The van der Waals surface area contributed by atoms with Crippen LogP contribution in [0.2, 0.25) is 5.02 Å². The van der Waals surface area contributed by atoms with Crippen LogP contribution in [-0.4, -0.2) is 39.6 Å². The van der Waals surface area contributed by atoms with Crippen LogP contribution in [0.4, 0.5) is 18.9 Å². The van der Waals surface area contributed by atoms with E-state index >= 15 is 0 Å². The second-order valence-corrected chi connectivity index (χ2v) is 7.36. The third-order valence-electron chi connectivity index (χ3n) is 4.77. The van der Waals surface area contributed by atoms with E-state index in [9.17, 15) is 23.5 Å². The first-order valence-electron chi connectivity index (χ1n) is 8.26. The number of nitrogens with one attached hydrogen (secondary N) is 1. The molecule has 5 nitrogen and oxygen atoms in total. The van der Waals surface area contributed by atoms with Gasteiger partial charge in [-0.2, -0.15) is 18.4 Å². The molecular formula is C17H16ClF3N4OS. The largest absolute Gasteiger partial charge is 0.434 e. The van der Waals surface area contributed by atoms with Crippen LogP contribution in [0.25, 0.3) is 11.0 Å². The first-order valence-corrected chi connectivity index (χ1v) is 9.05. The minimum Gasteiger partial charge on any atom is -0.396 e. The van der Waals surface area contributed by atoms with Gasteiger partial charge in [0.1, 0.15) is 17.1 Å². The van der Waals surface area contributed by atoms with E-state index in [-0.39, 0.29) is 28.8 Å². The van der Waals surface area contributed by atoms with Crippen LogP contribution < -0.4 is 4.90 Å². The number of rotatable bonds is 2. The maximum absolute atomic E-state index is 13.6. The third-order valence-corrected chi connectivity index (χ3v) is 5.77. The van der Waals surface area contributed by atoms with Crippen molar-refractivity contribution in [2.24, 2.45) is 5.92 Å². The molecule has 2 N–H and O–H groups in total. The Balaban J connectivity index is 2.26. The Labute approximate surface area is 163 Å². The number of nitriles is 1. The maximum Gasteiger partial charge on any atom is 0.434 e. The van der Waals surface area contributed by atoms with Crippen LogP contribution >= 0.6 is 23.8 Å². The quantitative estimate of drug-likeness (QED) is 0.724. The normalized spacial score (nSPS) is 18.6. The average molecular weight is 417 g/mol. The second kappa shape index (κ2) is 7.26. The Kier molecular flexibility index (Phi) is 5.34. The van der Waals surface area contributed by atoms with Crippen LogP contribution in [0, 0.1) is 24.2 Å². The fourth-order valence-corrected chi connectivity index (χ4v) is 3.82. The van der Waals surface area contributed by atoms with E-state index < -0.39 is 17.4 Å². The number of alkyl halides is 3. The van der Waals surface area contributed by atoms with Gasteiger partial charge in [-0.25, -0.2) is 4.98 Å². The molecule has 0 radical (unpaired) electrons. The molecule has 10 heteroatoms. The van der Waals surface area contributed by atoms with Crippen molar-refractivity contribution >= 4 is 45.4 Å². The van der Waals surface area contributed by atoms with Crippen molar-refractivity contribution < 1.29 is 18.3 Å². The number of fused-ring (bicyclic) bond motifs is 1. The van der Waals surface area contributed by atoms with Crippen LogP contribution in [0.15, 0.2) is 0 Å². The fraction of sp³-hybridized carbons (Fsp3) is 0.471. The number of halogens is 4. The lowest BCUT2D eigenvalue weighted by molar-refractivity contribution is -0.141. The number of aliphatic hydroxyl groups is 1. The number of hydrogen-bond donors (Lipinski definition) is 2. The number of nitrogens with zero attached hydrogens (tertiary/aromatic N) is 3. The molecule has 1 aliphatic rings. The summed E-state index contributed by atoms with van der Waals surface area (Å²) >= 11 is 11.5. The summed E-state index contributed by atoms with van der Waals surface area (Å²) in [5.41, 5.74) is -0.898. The minimum absolute atomic E-state index is 0.0129. The number of aryl methyl sites for hydroxylation is 1. The molecular weight excluding hydrogens is 401 g/mol. The Bertz CT molecular complexity index is 951. The number of aromatic nitrogens is 2. The van der Waals surface area contributed by atoms with Crippen molar-refractivity contribution in [2.45, 2.75) is 25.9 Å². The van der Waals surface area contributed by atoms with E-state index in [2.05, 4.69) is 9.97 Å². The van der Waals surface area contributed by atoms with E-state index in [1.807, 2.05) is 0 Å². The summed E-state index contributed by atoms with van der Waals surface area (Å²) in [6, 6.07) is 1.68. The highest BCUT2D eigenvalue weighted by Crippen LogP contribution is 2.41. The minimum atomic E-state index is -4.79. The second-order valence-electron chi connectivity index (χ2n) is 6.45. The summed E-state index contributed by atoms with van der Waals surface area (Å²) in [7, 11) is 0. The fourth-order valence-electron chi connectivity index (χ4n) is 3.35. The molecule has 0 saturated carbocycles.